The van der Waals surface area contributed by atoms with Crippen molar-refractivity contribution in [3.8, 4) is 0 Å². The van der Waals surface area contributed by atoms with Crippen LogP contribution >= 0.6 is 0 Å². The Balaban J connectivity index is 3.02. The molecule has 11 heavy (non-hydrogen) atoms. The molecule has 0 aliphatic heterocycles. The predicted molar refractivity (Wildman–Crippen MR) is 44.4 cm³/mol. The molecule has 0 spiro atoms. The molecule has 1 aromatic rings. The van der Waals surface area contributed by atoms with Gasteiger partial charge in [0.25, 0.3) is 6.01 Å². The lowest BCUT2D eigenvalue weighted by atomic mass is 10.1. The van der Waals surface area contributed by atoms with Gasteiger partial charge in [-0.3, -0.25) is 0 Å². The fraction of sp³-hybridized carbons (Fsp3) is 0.625. The van der Waals surface area contributed by atoms with Crippen molar-refractivity contribution < 1.29 is 4.42 Å². The monoisotopic (exact) mass is 154 g/mol. The lowest BCUT2D eigenvalue weighted by molar-refractivity contribution is 0.523. The standard InChI is InChI=1S/C8H14N2O/c1-4-6-7(5(2)3)10-8(9)11-6/h5H,4H2,1-3H3,(H2,9,10). The van der Waals surface area contributed by atoms with Crippen molar-refractivity contribution in [3.05, 3.63) is 11.5 Å². The van der Waals surface area contributed by atoms with Crippen molar-refractivity contribution in [2.45, 2.75) is 33.1 Å². The normalized spacial score (nSPS) is 10.9. The molecule has 62 valence electrons. The first kappa shape index (κ1) is 8.11. The molecule has 0 saturated heterocycles. The number of nitrogen functional groups attached to an aromatic ring is 1. The number of nitrogens with two attached hydrogens (primary N) is 1. The summed E-state index contributed by atoms with van der Waals surface area (Å²) in [4.78, 5) is 4.09. The molecule has 3 nitrogen and oxygen atoms in total. The third-order valence-electron chi connectivity index (χ3n) is 1.61. The summed E-state index contributed by atoms with van der Waals surface area (Å²) in [5.41, 5.74) is 6.41. The van der Waals surface area contributed by atoms with Gasteiger partial charge in [-0.1, -0.05) is 20.8 Å². The summed E-state index contributed by atoms with van der Waals surface area (Å²) in [6.07, 6.45) is 0.859. The quantitative estimate of drug-likeness (QED) is 0.708. The predicted octanol–water partition coefficient (Wildman–Crippen LogP) is 1.94. The molecule has 0 radical (unpaired) electrons. The van der Waals surface area contributed by atoms with Gasteiger partial charge in [0.15, 0.2) is 0 Å². The van der Waals surface area contributed by atoms with Crippen LogP contribution in [0.15, 0.2) is 4.42 Å². The number of rotatable bonds is 2. The number of nitrogens with zero attached hydrogens (tertiary/aromatic N) is 1. The summed E-state index contributed by atoms with van der Waals surface area (Å²) in [5.74, 6) is 1.31. The van der Waals surface area contributed by atoms with Crippen molar-refractivity contribution in [2.75, 3.05) is 5.73 Å². The maximum atomic E-state index is 5.42. The van der Waals surface area contributed by atoms with Gasteiger partial charge in [0.1, 0.15) is 5.76 Å². The van der Waals surface area contributed by atoms with E-state index in [2.05, 4.69) is 18.8 Å². The van der Waals surface area contributed by atoms with E-state index in [4.69, 9.17) is 10.2 Å². The van der Waals surface area contributed by atoms with Gasteiger partial charge in [-0.2, -0.15) is 4.98 Å². The van der Waals surface area contributed by atoms with Gasteiger partial charge in [0.05, 0.1) is 5.69 Å². The summed E-state index contributed by atoms with van der Waals surface area (Å²) in [6.45, 7) is 6.19. The van der Waals surface area contributed by atoms with E-state index < -0.39 is 0 Å². The number of aryl methyl sites for hydroxylation is 1. The minimum atomic E-state index is 0.283. The lowest BCUT2D eigenvalue weighted by Gasteiger charge is -1.99. The Labute approximate surface area is 66.6 Å². The number of oxazole rings is 1. The largest absolute Gasteiger partial charge is 0.429 e. The van der Waals surface area contributed by atoms with E-state index in [-0.39, 0.29) is 6.01 Å². The fourth-order valence-corrected chi connectivity index (χ4v) is 1.09. The van der Waals surface area contributed by atoms with E-state index in [9.17, 15) is 0 Å². The molecule has 0 aliphatic rings. The Morgan fingerprint density at radius 3 is 2.55 bits per heavy atom. The molecule has 2 N–H and O–H groups in total. The Bertz CT molecular complexity index is 240. The third kappa shape index (κ3) is 1.53. The summed E-state index contributed by atoms with van der Waals surface area (Å²) >= 11 is 0. The average Bonchev–Trinajstić information content (AvgIpc) is 2.30. The average molecular weight is 154 g/mol. The highest BCUT2D eigenvalue weighted by Crippen LogP contribution is 2.20. The summed E-state index contributed by atoms with van der Waals surface area (Å²) in [6, 6.07) is 0.283. The smallest absolute Gasteiger partial charge is 0.292 e. The zero-order chi connectivity index (χ0) is 8.43. The highest BCUT2D eigenvalue weighted by atomic mass is 16.4. The molecular formula is C8H14N2O. The molecule has 1 heterocycles. The van der Waals surface area contributed by atoms with Gasteiger partial charge in [0.2, 0.25) is 0 Å². The van der Waals surface area contributed by atoms with Crippen LogP contribution in [0.3, 0.4) is 0 Å². The van der Waals surface area contributed by atoms with Gasteiger partial charge in [-0.25, -0.2) is 0 Å². The van der Waals surface area contributed by atoms with E-state index in [0.717, 1.165) is 17.9 Å². The Morgan fingerprint density at radius 1 is 1.55 bits per heavy atom. The van der Waals surface area contributed by atoms with E-state index in [1.54, 1.807) is 0 Å². The molecular weight excluding hydrogens is 140 g/mol. The third-order valence-corrected chi connectivity index (χ3v) is 1.61. The SMILES string of the molecule is CCc1oc(N)nc1C(C)C. The second-order valence-electron chi connectivity index (χ2n) is 2.87. The maximum absolute atomic E-state index is 5.42. The molecule has 0 unspecified atom stereocenters. The van der Waals surface area contributed by atoms with E-state index in [1.165, 1.54) is 0 Å². The summed E-state index contributed by atoms with van der Waals surface area (Å²) in [5, 5.41) is 0. The van der Waals surface area contributed by atoms with Crippen molar-refractivity contribution >= 4 is 6.01 Å². The van der Waals surface area contributed by atoms with E-state index in [1.807, 2.05) is 6.92 Å². The molecule has 3 heteroatoms. The van der Waals surface area contributed by atoms with Gasteiger partial charge < -0.3 is 10.2 Å². The number of hydrogen-bond donors (Lipinski definition) is 1. The van der Waals surface area contributed by atoms with Crippen LogP contribution in [-0.2, 0) is 6.42 Å². The van der Waals surface area contributed by atoms with Crippen molar-refractivity contribution in [3.63, 3.8) is 0 Å². The van der Waals surface area contributed by atoms with Crippen LogP contribution in [0.25, 0.3) is 0 Å². The van der Waals surface area contributed by atoms with Crippen molar-refractivity contribution in [2.24, 2.45) is 0 Å². The number of hydrogen-bond acceptors (Lipinski definition) is 3. The van der Waals surface area contributed by atoms with Crippen LogP contribution in [0.1, 0.15) is 38.1 Å². The lowest BCUT2D eigenvalue weighted by Crippen LogP contribution is -1.92. The minimum absolute atomic E-state index is 0.283. The van der Waals surface area contributed by atoms with E-state index in [0.29, 0.717) is 5.92 Å². The Kier molecular flexibility index (Phi) is 2.17. The molecule has 0 fully saturated rings. The van der Waals surface area contributed by atoms with Crippen molar-refractivity contribution in [1.29, 1.82) is 0 Å². The summed E-state index contributed by atoms with van der Waals surface area (Å²) < 4.78 is 5.19. The molecule has 1 aromatic heterocycles. The van der Waals surface area contributed by atoms with Crippen LogP contribution in [0.4, 0.5) is 6.01 Å². The second-order valence-corrected chi connectivity index (χ2v) is 2.87. The zero-order valence-electron chi connectivity index (χ0n) is 7.22. The Morgan fingerprint density at radius 2 is 2.18 bits per heavy atom. The van der Waals surface area contributed by atoms with Crippen LogP contribution in [-0.4, -0.2) is 4.98 Å². The fourth-order valence-electron chi connectivity index (χ4n) is 1.09. The number of aromatic nitrogens is 1. The van der Waals surface area contributed by atoms with Crippen LogP contribution in [0.5, 0.6) is 0 Å². The first-order valence-corrected chi connectivity index (χ1v) is 3.90. The summed E-state index contributed by atoms with van der Waals surface area (Å²) in [7, 11) is 0. The van der Waals surface area contributed by atoms with Crippen LogP contribution in [0.2, 0.25) is 0 Å². The van der Waals surface area contributed by atoms with E-state index >= 15 is 0 Å². The molecule has 1 rings (SSSR count). The molecule has 0 saturated carbocycles. The molecule has 0 bridgehead atoms. The van der Waals surface area contributed by atoms with Gasteiger partial charge >= 0.3 is 0 Å². The first-order chi connectivity index (χ1) is 5.15. The zero-order valence-corrected chi connectivity index (χ0v) is 7.22. The van der Waals surface area contributed by atoms with Crippen molar-refractivity contribution in [1.82, 2.24) is 4.98 Å². The molecule has 0 aliphatic carbocycles. The Hall–Kier alpha value is -0.990. The highest BCUT2D eigenvalue weighted by molar-refractivity contribution is 5.22. The molecule has 0 amide bonds. The highest BCUT2D eigenvalue weighted by Gasteiger charge is 2.12. The van der Waals surface area contributed by atoms with Crippen LogP contribution < -0.4 is 5.73 Å². The second kappa shape index (κ2) is 2.95. The molecule has 0 atom stereocenters. The van der Waals surface area contributed by atoms with Gasteiger partial charge in [0, 0.05) is 6.42 Å². The number of anilines is 1. The van der Waals surface area contributed by atoms with Gasteiger partial charge in [-0.05, 0) is 5.92 Å². The van der Waals surface area contributed by atoms with Gasteiger partial charge in [-0.15, -0.1) is 0 Å². The molecule has 0 aromatic carbocycles. The minimum Gasteiger partial charge on any atom is -0.429 e. The first-order valence-electron chi connectivity index (χ1n) is 3.90. The van der Waals surface area contributed by atoms with Crippen LogP contribution in [0, 0.1) is 0 Å². The topological polar surface area (TPSA) is 52.0 Å². The maximum Gasteiger partial charge on any atom is 0.292 e.